The van der Waals surface area contributed by atoms with Gasteiger partial charge in [0, 0.05) is 11.3 Å². The van der Waals surface area contributed by atoms with E-state index in [0.29, 0.717) is 35.1 Å². The van der Waals surface area contributed by atoms with Crippen molar-refractivity contribution < 1.29 is 24.5 Å². The van der Waals surface area contributed by atoms with E-state index < -0.39 is 17.7 Å². The predicted octanol–water partition coefficient (Wildman–Crippen LogP) is 6.32. The van der Waals surface area contributed by atoms with E-state index >= 15 is 0 Å². The Bertz CT molecular complexity index is 1340. The van der Waals surface area contributed by atoms with Crippen LogP contribution in [0.5, 0.6) is 11.5 Å². The molecule has 0 aliphatic carbocycles. The van der Waals surface area contributed by atoms with Crippen LogP contribution in [0.25, 0.3) is 5.76 Å². The number of aliphatic hydroxyl groups excluding tert-OH is 1. The largest absolute Gasteiger partial charge is 0.507 e. The van der Waals surface area contributed by atoms with Gasteiger partial charge in [0.15, 0.2) is 0 Å². The van der Waals surface area contributed by atoms with Crippen LogP contribution >= 0.6 is 11.6 Å². The van der Waals surface area contributed by atoms with Gasteiger partial charge in [0.2, 0.25) is 0 Å². The average Bonchev–Trinajstić information content (AvgIpc) is 3.09. The number of phenols is 1. The smallest absolute Gasteiger partial charge is 0.300 e. The Hall–Kier alpha value is -3.77. The fraction of sp³-hybridized carbons (Fsp3) is 0.241. The highest BCUT2D eigenvalue weighted by Gasteiger charge is 2.47. The monoisotopic (exact) mass is 505 g/mol. The zero-order valence-corrected chi connectivity index (χ0v) is 21.3. The van der Waals surface area contributed by atoms with Gasteiger partial charge >= 0.3 is 0 Å². The summed E-state index contributed by atoms with van der Waals surface area (Å²) in [7, 11) is 0. The van der Waals surface area contributed by atoms with Gasteiger partial charge in [-0.25, -0.2) is 0 Å². The molecule has 0 radical (unpaired) electrons. The maximum atomic E-state index is 13.3. The van der Waals surface area contributed by atoms with E-state index in [2.05, 4.69) is 0 Å². The second-order valence-electron chi connectivity index (χ2n) is 9.46. The van der Waals surface area contributed by atoms with E-state index in [4.69, 9.17) is 16.3 Å². The molecule has 0 bridgehead atoms. The molecule has 2 N–H and O–H groups in total. The molecule has 3 aromatic carbocycles. The van der Waals surface area contributed by atoms with Gasteiger partial charge in [0.1, 0.15) is 17.3 Å². The van der Waals surface area contributed by atoms with Crippen molar-refractivity contribution in [1.82, 2.24) is 0 Å². The van der Waals surface area contributed by atoms with E-state index in [1.54, 1.807) is 30.3 Å². The van der Waals surface area contributed by atoms with Crippen LogP contribution in [0.2, 0.25) is 5.02 Å². The number of aromatic hydroxyl groups is 1. The number of anilines is 1. The summed E-state index contributed by atoms with van der Waals surface area (Å²) in [6.07, 6.45) is 0. The molecule has 7 heteroatoms. The number of ketones is 1. The Morgan fingerprint density at radius 1 is 1.00 bits per heavy atom. The SMILES string of the molecule is Cc1cc(C)cc(N2C(=O)C(=O)/C(=C(\O)c3ccc(OCC(C)C)cc3)C2c2ccc(O)c(Cl)c2)c1. The number of halogens is 1. The van der Waals surface area contributed by atoms with E-state index in [1.807, 2.05) is 45.9 Å². The van der Waals surface area contributed by atoms with Crippen molar-refractivity contribution in [2.45, 2.75) is 33.7 Å². The molecule has 1 amide bonds. The summed E-state index contributed by atoms with van der Waals surface area (Å²) in [6.45, 7) is 8.45. The maximum Gasteiger partial charge on any atom is 0.300 e. The molecule has 4 rings (SSSR count). The lowest BCUT2D eigenvalue weighted by molar-refractivity contribution is -0.132. The van der Waals surface area contributed by atoms with Gasteiger partial charge in [-0.05, 0) is 85.0 Å². The number of Topliss-reactive ketones (excluding diaryl/α,β-unsaturated/α-hetero) is 1. The van der Waals surface area contributed by atoms with Crippen molar-refractivity contribution in [1.29, 1.82) is 0 Å². The number of hydrogen-bond donors (Lipinski definition) is 2. The standard InChI is InChI=1S/C29H28ClNO5/c1-16(2)15-36-22-8-5-19(6-9-22)27(33)25-26(20-7-10-24(32)23(30)14-20)31(29(35)28(25)34)21-12-17(3)11-18(4)13-21/h5-14,16,26,32-33H,15H2,1-4H3/b27-25-. The zero-order chi connectivity index (χ0) is 26.1. The van der Waals surface area contributed by atoms with Gasteiger partial charge < -0.3 is 14.9 Å². The zero-order valence-electron chi connectivity index (χ0n) is 20.6. The van der Waals surface area contributed by atoms with Crippen LogP contribution in [0, 0.1) is 19.8 Å². The fourth-order valence-electron chi connectivity index (χ4n) is 4.32. The van der Waals surface area contributed by atoms with Gasteiger partial charge in [-0.1, -0.05) is 37.6 Å². The van der Waals surface area contributed by atoms with Crippen molar-refractivity contribution >= 4 is 34.7 Å². The number of aliphatic hydroxyl groups is 1. The lowest BCUT2D eigenvalue weighted by Crippen LogP contribution is -2.29. The third-order valence-corrected chi connectivity index (χ3v) is 6.23. The van der Waals surface area contributed by atoms with Gasteiger partial charge in [0.05, 0.1) is 23.2 Å². The van der Waals surface area contributed by atoms with Crippen molar-refractivity contribution in [3.8, 4) is 11.5 Å². The minimum Gasteiger partial charge on any atom is -0.507 e. The first-order valence-electron chi connectivity index (χ1n) is 11.7. The van der Waals surface area contributed by atoms with Crippen molar-refractivity contribution in [3.63, 3.8) is 0 Å². The minimum atomic E-state index is -0.943. The highest BCUT2D eigenvalue weighted by Crippen LogP contribution is 2.44. The summed E-state index contributed by atoms with van der Waals surface area (Å²) < 4.78 is 5.71. The van der Waals surface area contributed by atoms with Gasteiger partial charge in [0.25, 0.3) is 11.7 Å². The Morgan fingerprint density at radius 2 is 1.64 bits per heavy atom. The van der Waals surface area contributed by atoms with Crippen molar-refractivity contribution in [3.05, 3.63) is 93.5 Å². The molecular formula is C29H28ClNO5. The normalized spacial score (nSPS) is 17.2. The molecule has 1 heterocycles. The number of rotatable bonds is 6. The lowest BCUT2D eigenvalue weighted by atomic mass is 9.95. The minimum absolute atomic E-state index is 0.0586. The molecule has 1 aliphatic heterocycles. The quantitative estimate of drug-likeness (QED) is 0.232. The first-order chi connectivity index (χ1) is 17.1. The molecule has 1 fully saturated rings. The summed E-state index contributed by atoms with van der Waals surface area (Å²) in [6, 6.07) is 15.9. The molecule has 36 heavy (non-hydrogen) atoms. The first-order valence-corrected chi connectivity index (χ1v) is 12.1. The van der Waals surface area contributed by atoms with Crippen LogP contribution in [0.1, 0.15) is 42.1 Å². The van der Waals surface area contributed by atoms with Gasteiger partial charge in [-0.2, -0.15) is 0 Å². The van der Waals surface area contributed by atoms with Crippen LogP contribution in [-0.2, 0) is 9.59 Å². The summed E-state index contributed by atoms with van der Waals surface area (Å²) in [5.74, 6) is -0.992. The van der Waals surface area contributed by atoms with Crippen LogP contribution in [0.15, 0.2) is 66.2 Å². The summed E-state index contributed by atoms with van der Waals surface area (Å²) in [5, 5.41) is 21.3. The number of hydrogen-bond acceptors (Lipinski definition) is 5. The second-order valence-corrected chi connectivity index (χ2v) is 9.86. The fourth-order valence-corrected chi connectivity index (χ4v) is 4.51. The summed E-state index contributed by atoms with van der Waals surface area (Å²) in [4.78, 5) is 28.1. The molecule has 1 saturated heterocycles. The second kappa shape index (κ2) is 10.1. The van der Waals surface area contributed by atoms with E-state index in [0.717, 1.165) is 11.1 Å². The summed E-state index contributed by atoms with van der Waals surface area (Å²) in [5.41, 5.74) is 3.17. The van der Waals surface area contributed by atoms with Gasteiger partial charge in [-0.15, -0.1) is 0 Å². The number of carbonyl (C=O) groups is 2. The maximum absolute atomic E-state index is 13.3. The van der Waals surface area contributed by atoms with Crippen LogP contribution in [-0.4, -0.2) is 28.5 Å². The molecular weight excluding hydrogens is 478 g/mol. The Balaban J connectivity index is 1.86. The molecule has 0 aromatic heterocycles. The molecule has 0 spiro atoms. The third kappa shape index (κ3) is 4.95. The van der Waals surface area contributed by atoms with E-state index in [-0.39, 0.29) is 22.1 Å². The van der Waals surface area contributed by atoms with Crippen LogP contribution < -0.4 is 9.64 Å². The predicted molar refractivity (Wildman–Crippen MR) is 141 cm³/mol. The number of ether oxygens (including phenoxy) is 1. The molecule has 1 unspecified atom stereocenters. The molecule has 0 saturated carbocycles. The highest BCUT2D eigenvalue weighted by atomic mass is 35.5. The highest BCUT2D eigenvalue weighted by molar-refractivity contribution is 6.51. The molecule has 3 aromatic rings. The van der Waals surface area contributed by atoms with Crippen molar-refractivity contribution in [2.24, 2.45) is 5.92 Å². The molecule has 6 nitrogen and oxygen atoms in total. The lowest BCUT2D eigenvalue weighted by Gasteiger charge is -2.26. The Morgan fingerprint density at radius 3 is 2.22 bits per heavy atom. The Labute approximate surface area is 215 Å². The number of amides is 1. The Kier molecular flexibility index (Phi) is 7.09. The van der Waals surface area contributed by atoms with E-state index in [9.17, 15) is 19.8 Å². The number of nitrogens with zero attached hydrogens (tertiary/aromatic N) is 1. The van der Waals surface area contributed by atoms with Crippen LogP contribution in [0.4, 0.5) is 5.69 Å². The van der Waals surface area contributed by atoms with Gasteiger partial charge in [-0.3, -0.25) is 14.5 Å². The first kappa shape index (κ1) is 25.3. The number of benzene rings is 3. The summed E-state index contributed by atoms with van der Waals surface area (Å²) >= 11 is 6.19. The van der Waals surface area contributed by atoms with Crippen LogP contribution in [0.3, 0.4) is 0 Å². The molecule has 1 aliphatic rings. The number of phenolic OH excluding ortho intramolecular Hbond substituents is 1. The van der Waals surface area contributed by atoms with Crippen molar-refractivity contribution in [2.75, 3.05) is 11.5 Å². The third-order valence-electron chi connectivity index (χ3n) is 5.93. The van der Waals surface area contributed by atoms with E-state index in [1.165, 1.54) is 17.0 Å². The number of aryl methyl sites for hydroxylation is 2. The molecule has 186 valence electrons. The topological polar surface area (TPSA) is 87.1 Å². The number of carbonyl (C=O) groups excluding carboxylic acids is 2. The average molecular weight is 506 g/mol. The molecule has 1 atom stereocenters.